The molecule has 0 amide bonds. The Kier molecular flexibility index (Phi) is 6.17. The monoisotopic (exact) mass is 584 g/mol. The summed E-state index contributed by atoms with van der Waals surface area (Å²) in [6.45, 7) is 0. The van der Waals surface area contributed by atoms with Crippen molar-refractivity contribution in [1.29, 1.82) is 0 Å². The maximum Gasteiger partial charge on any atom is 0.0972 e. The summed E-state index contributed by atoms with van der Waals surface area (Å²) in [6, 6.07) is 60.4. The molecule has 9 aromatic rings. The van der Waals surface area contributed by atoms with Crippen LogP contribution in [0.1, 0.15) is 0 Å². The Morgan fingerprint density at radius 1 is 0.283 bits per heavy atom. The lowest BCUT2D eigenvalue weighted by Crippen LogP contribution is -1.91. The number of rotatable bonds is 4. The lowest BCUT2D eigenvalue weighted by Gasteiger charge is -2.12. The minimum Gasteiger partial charge on any atom is -0.245 e. The Bertz CT molecular complexity index is 2570. The van der Waals surface area contributed by atoms with Gasteiger partial charge in [-0.1, -0.05) is 146 Å². The topological polar surface area (TPSA) is 25.8 Å². The average molecular weight is 585 g/mol. The number of benzene rings is 7. The summed E-state index contributed by atoms with van der Waals surface area (Å²) in [6.07, 6.45) is 0. The van der Waals surface area contributed by atoms with Gasteiger partial charge in [-0.3, -0.25) is 0 Å². The largest absolute Gasteiger partial charge is 0.245 e. The van der Waals surface area contributed by atoms with Crippen molar-refractivity contribution in [1.82, 2.24) is 9.97 Å². The second-order valence-corrected chi connectivity index (χ2v) is 11.8. The lowest BCUT2D eigenvalue weighted by atomic mass is 9.91. The van der Waals surface area contributed by atoms with Crippen LogP contribution in [0.4, 0.5) is 0 Å². The highest BCUT2D eigenvalue weighted by molar-refractivity contribution is 6.14. The first-order chi connectivity index (χ1) is 22.8. The molecule has 9 rings (SSSR count). The van der Waals surface area contributed by atoms with E-state index in [2.05, 4.69) is 152 Å². The number of hydrogen-bond acceptors (Lipinski definition) is 2. The van der Waals surface area contributed by atoms with E-state index in [-0.39, 0.29) is 0 Å². The van der Waals surface area contributed by atoms with Crippen LogP contribution in [-0.4, -0.2) is 9.97 Å². The van der Waals surface area contributed by atoms with E-state index in [1.54, 1.807) is 0 Å². The molecule has 0 fully saturated rings. The third kappa shape index (κ3) is 4.51. The van der Waals surface area contributed by atoms with E-state index in [1.807, 2.05) is 18.2 Å². The van der Waals surface area contributed by atoms with Gasteiger partial charge in [-0.15, -0.1) is 0 Å². The van der Waals surface area contributed by atoms with Gasteiger partial charge in [0.2, 0.25) is 0 Å². The second kappa shape index (κ2) is 10.8. The minimum atomic E-state index is 0.923. The molecule has 46 heavy (non-hydrogen) atoms. The Hall–Kier alpha value is -6.12. The second-order valence-electron chi connectivity index (χ2n) is 11.8. The van der Waals surface area contributed by atoms with Gasteiger partial charge in [-0.2, -0.15) is 0 Å². The minimum absolute atomic E-state index is 0.923. The Morgan fingerprint density at radius 2 is 0.804 bits per heavy atom. The summed E-state index contributed by atoms with van der Waals surface area (Å²) in [5.74, 6) is 0. The van der Waals surface area contributed by atoms with Crippen molar-refractivity contribution >= 4 is 43.4 Å². The van der Waals surface area contributed by atoms with E-state index < -0.39 is 0 Å². The molecule has 0 atom stereocenters. The lowest BCUT2D eigenvalue weighted by molar-refractivity contribution is 1.36. The van der Waals surface area contributed by atoms with Crippen molar-refractivity contribution in [2.75, 3.05) is 0 Å². The molecule has 0 spiro atoms. The van der Waals surface area contributed by atoms with E-state index >= 15 is 0 Å². The van der Waals surface area contributed by atoms with E-state index in [4.69, 9.17) is 9.97 Å². The smallest absolute Gasteiger partial charge is 0.0972 e. The van der Waals surface area contributed by atoms with Crippen LogP contribution in [0.5, 0.6) is 0 Å². The molecule has 0 aliphatic carbocycles. The SMILES string of the molecule is c1ccc(-c2ccc3ccc4ccc(-c5ccc(-c6cccc(-c7cc8ccccc8c8ccccc78)c6)cc5)nc4c3n2)cc1. The van der Waals surface area contributed by atoms with Gasteiger partial charge in [0.15, 0.2) is 0 Å². The van der Waals surface area contributed by atoms with E-state index in [0.29, 0.717) is 0 Å². The summed E-state index contributed by atoms with van der Waals surface area (Å²) in [5.41, 5.74) is 10.8. The van der Waals surface area contributed by atoms with Crippen molar-refractivity contribution in [2.45, 2.75) is 0 Å². The zero-order chi connectivity index (χ0) is 30.5. The summed E-state index contributed by atoms with van der Waals surface area (Å²) < 4.78 is 0. The molecule has 0 N–H and O–H groups in total. The molecule has 0 saturated heterocycles. The zero-order valence-electron chi connectivity index (χ0n) is 25.1. The Morgan fingerprint density at radius 3 is 1.52 bits per heavy atom. The molecule has 214 valence electrons. The first-order valence-corrected chi connectivity index (χ1v) is 15.7. The molecule has 2 heterocycles. The van der Waals surface area contributed by atoms with E-state index in [0.717, 1.165) is 44.3 Å². The molecule has 0 radical (unpaired) electrons. The van der Waals surface area contributed by atoms with E-state index in [1.165, 1.54) is 43.8 Å². The summed E-state index contributed by atoms with van der Waals surface area (Å²) >= 11 is 0. The first-order valence-electron chi connectivity index (χ1n) is 15.7. The number of nitrogens with zero attached hydrogens (tertiary/aromatic N) is 2. The summed E-state index contributed by atoms with van der Waals surface area (Å²) in [5, 5.41) is 7.28. The quantitative estimate of drug-likeness (QED) is 0.192. The van der Waals surface area contributed by atoms with Crippen molar-refractivity contribution in [2.24, 2.45) is 0 Å². The van der Waals surface area contributed by atoms with Crippen molar-refractivity contribution in [3.63, 3.8) is 0 Å². The Labute approximate surface area is 267 Å². The highest BCUT2D eigenvalue weighted by Crippen LogP contribution is 2.37. The maximum atomic E-state index is 5.16. The van der Waals surface area contributed by atoms with Crippen LogP contribution in [0.15, 0.2) is 170 Å². The molecule has 0 aliphatic heterocycles. The standard InChI is InChI=1S/C44H28N2/c1-2-9-30(10-3-1)41-25-23-32-21-22-33-24-26-42(46-44(33)43(32)45-41)31-19-17-29(18-20-31)34-12-8-13-35(27-34)40-28-36-11-4-5-14-37(36)38-15-6-7-16-39(38)40/h1-28H. The van der Waals surface area contributed by atoms with Gasteiger partial charge in [-0.05, 0) is 68.1 Å². The number of pyridine rings is 2. The van der Waals surface area contributed by atoms with Gasteiger partial charge in [0, 0.05) is 21.9 Å². The van der Waals surface area contributed by atoms with Gasteiger partial charge in [0.05, 0.1) is 22.4 Å². The van der Waals surface area contributed by atoms with Crippen molar-refractivity contribution in [3.05, 3.63) is 170 Å². The zero-order valence-corrected chi connectivity index (χ0v) is 25.1. The van der Waals surface area contributed by atoms with Crippen LogP contribution in [0, 0.1) is 0 Å². The molecule has 2 aromatic heterocycles. The van der Waals surface area contributed by atoms with Crippen molar-refractivity contribution in [3.8, 4) is 44.8 Å². The number of hydrogen-bond donors (Lipinski definition) is 0. The highest BCUT2D eigenvalue weighted by Gasteiger charge is 2.11. The third-order valence-electron chi connectivity index (χ3n) is 9.04. The van der Waals surface area contributed by atoms with E-state index in [9.17, 15) is 0 Å². The molecule has 0 aliphatic rings. The predicted molar refractivity (Wildman–Crippen MR) is 194 cm³/mol. The highest BCUT2D eigenvalue weighted by atomic mass is 14.8. The molecule has 2 heteroatoms. The molecule has 2 nitrogen and oxygen atoms in total. The molecular formula is C44H28N2. The molecular weight excluding hydrogens is 556 g/mol. The van der Waals surface area contributed by atoms with Gasteiger partial charge in [0.1, 0.15) is 0 Å². The van der Waals surface area contributed by atoms with Crippen LogP contribution in [0.25, 0.3) is 88.1 Å². The van der Waals surface area contributed by atoms with Gasteiger partial charge >= 0.3 is 0 Å². The van der Waals surface area contributed by atoms with Crippen LogP contribution < -0.4 is 0 Å². The van der Waals surface area contributed by atoms with Crippen molar-refractivity contribution < 1.29 is 0 Å². The fourth-order valence-corrected chi connectivity index (χ4v) is 6.69. The van der Waals surface area contributed by atoms with Crippen LogP contribution >= 0.6 is 0 Å². The van der Waals surface area contributed by atoms with Gasteiger partial charge in [0.25, 0.3) is 0 Å². The number of fused-ring (bicyclic) bond motifs is 6. The normalized spacial score (nSPS) is 11.5. The fourth-order valence-electron chi connectivity index (χ4n) is 6.69. The van der Waals surface area contributed by atoms with Crippen LogP contribution in [-0.2, 0) is 0 Å². The summed E-state index contributed by atoms with van der Waals surface area (Å²) in [4.78, 5) is 10.2. The fraction of sp³-hybridized carbons (Fsp3) is 0. The van der Waals surface area contributed by atoms with Gasteiger partial charge in [-0.25, -0.2) is 9.97 Å². The molecule has 7 aromatic carbocycles. The average Bonchev–Trinajstić information content (AvgIpc) is 3.14. The molecule has 0 saturated carbocycles. The Balaban J connectivity index is 1.09. The third-order valence-corrected chi connectivity index (χ3v) is 9.04. The number of aromatic nitrogens is 2. The maximum absolute atomic E-state index is 5.16. The molecule has 0 unspecified atom stereocenters. The predicted octanol–water partition coefficient (Wildman–Crippen LogP) is 11.8. The van der Waals surface area contributed by atoms with Crippen LogP contribution in [0.2, 0.25) is 0 Å². The van der Waals surface area contributed by atoms with Gasteiger partial charge < -0.3 is 0 Å². The first kappa shape index (κ1) is 26.3. The molecule has 0 bridgehead atoms. The van der Waals surface area contributed by atoms with Crippen LogP contribution in [0.3, 0.4) is 0 Å². The summed E-state index contributed by atoms with van der Waals surface area (Å²) in [7, 11) is 0.